The summed E-state index contributed by atoms with van der Waals surface area (Å²) in [7, 11) is 0. The zero-order valence-corrected chi connectivity index (χ0v) is 12.1. The second kappa shape index (κ2) is 6.37. The summed E-state index contributed by atoms with van der Waals surface area (Å²) in [4.78, 5) is 4.48. The number of benzene rings is 1. The van der Waals surface area contributed by atoms with E-state index in [9.17, 15) is 0 Å². The van der Waals surface area contributed by atoms with Crippen molar-refractivity contribution >= 4 is 11.6 Å². The van der Waals surface area contributed by atoms with Crippen molar-refractivity contribution in [2.75, 3.05) is 13.1 Å². The molecule has 1 fully saturated rings. The quantitative estimate of drug-likeness (QED) is 0.941. The van der Waals surface area contributed by atoms with Gasteiger partial charge in [0.05, 0.1) is 0 Å². The van der Waals surface area contributed by atoms with Crippen LogP contribution in [-0.4, -0.2) is 23.2 Å². The maximum absolute atomic E-state index is 5.97. The molecule has 0 spiro atoms. The average Bonchev–Trinajstić information content (AvgIpc) is 2.87. The molecule has 1 aliphatic heterocycles. The summed E-state index contributed by atoms with van der Waals surface area (Å²) in [5.41, 5.74) is 1.10. The lowest BCUT2D eigenvalue weighted by molar-refractivity contribution is 0.314. The highest BCUT2D eigenvalue weighted by atomic mass is 35.5. The summed E-state index contributed by atoms with van der Waals surface area (Å²) in [5, 5.41) is 8.20. The molecular weight excluding hydrogens is 274 g/mol. The molecule has 1 saturated heterocycles. The molecule has 5 heteroatoms. The Morgan fingerprint density at radius 1 is 1.40 bits per heavy atom. The fourth-order valence-corrected chi connectivity index (χ4v) is 2.83. The van der Waals surface area contributed by atoms with Crippen LogP contribution in [0.4, 0.5) is 0 Å². The van der Waals surface area contributed by atoms with E-state index in [-0.39, 0.29) is 0 Å². The predicted octanol–water partition coefficient (Wildman–Crippen LogP) is 2.86. The van der Waals surface area contributed by atoms with Crippen LogP contribution >= 0.6 is 11.6 Å². The number of nitrogens with zero attached hydrogens (tertiary/aromatic N) is 2. The smallest absolute Gasteiger partial charge is 0.226 e. The fraction of sp³-hybridized carbons (Fsp3) is 0.467. The van der Waals surface area contributed by atoms with E-state index in [0.717, 1.165) is 41.8 Å². The van der Waals surface area contributed by atoms with Crippen molar-refractivity contribution in [3.63, 3.8) is 0 Å². The molecule has 2 aromatic rings. The monoisotopic (exact) mass is 291 g/mol. The molecule has 0 saturated carbocycles. The predicted molar refractivity (Wildman–Crippen MR) is 77.9 cm³/mol. The third kappa shape index (κ3) is 3.58. The lowest BCUT2D eigenvalue weighted by Gasteiger charge is -2.20. The van der Waals surface area contributed by atoms with E-state index in [1.54, 1.807) is 0 Å². The van der Waals surface area contributed by atoms with Crippen molar-refractivity contribution in [3.8, 4) is 0 Å². The van der Waals surface area contributed by atoms with Gasteiger partial charge in [-0.05, 0) is 49.5 Å². The van der Waals surface area contributed by atoms with Crippen LogP contribution in [0.5, 0.6) is 0 Å². The zero-order chi connectivity index (χ0) is 13.8. The van der Waals surface area contributed by atoms with E-state index < -0.39 is 0 Å². The highest BCUT2D eigenvalue weighted by Crippen LogP contribution is 2.17. The molecule has 1 unspecified atom stereocenters. The average molecular weight is 292 g/mol. The zero-order valence-electron chi connectivity index (χ0n) is 11.3. The molecular formula is C15H18ClN3O. The number of hydrogen-bond acceptors (Lipinski definition) is 4. The Labute approximate surface area is 123 Å². The number of halogens is 1. The number of rotatable bonds is 4. The minimum absolute atomic E-state index is 0.614. The molecule has 3 rings (SSSR count). The van der Waals surface area contributed by atoms with Crippen LogP contribution in [0.25, 0.3) is 0 Å². The van der Waals surface area contributed by atoms with E-state index in [1.165, 1.54) is 12.8 Å². The van der Waals surface area contributed by atoms with Crippen molar-refractivity contribution in [2.24, 2.45) is 5.92 Å². The number of nitrogens with one attached hydrogen (secondary N) is 1. The van der Waals surface area contributed by atoms with Gasteiger partial charge in [0.1, 0.15) is 0 Å². The van der Waals surface area contributed by atoms with Gasteiger partial charge in [-0.15, -0.1) is 0 Å². The Morgan fingerprint density at radius 2 is 2.35 bits per heavy atom. The van der Waals surface area contributed by atoms with Crippen molar-refractivity contribution in [1.29, 1.82) is 0 Å². The second-order valence-corrected chi connectivity index (χ2v) is 5.76. The molecule has 0 bridgehead atoms. The topological polar surface area (TPSA) is 51.0 Å². The molecule has 0 aliphatic carbocycles. The van der Waals surface area contributed by atoms with Crippen molar-refractivity contribution in [1.82, 2.24) is 15.5 Å². The summed E-state index contributed by atoms with van der Waals surface area (Å²) in [5.74, 6) is 2.09. The SMILES string of the molecule is Clc1cccc(Cc2noc(CC3CCCNC3)n2)c1. The molecule has 1 aliphatic rings. The Hall–Kier alpha value is -1.39. The molecule has 1 aromatic heterocycles. The molecule has 0 radical (unpaired) electrons. The van der Waals surface area contributed by atoms with Gasteiger partial charge >= 0.3 is 0 Å². The normalized spacial score (nSPS) is 19.1. The molecule has 1 atom stereocenters. The van der Waals surface area contributed by atoms with Gasteiger partial charge in [-0.1, -0.05) is 28.9 Å². The lowest BCUT2D eigenvalue weighted by atomic mass is 9.96. The molecule has 1 N–H and O–H groups in total. The largest absolute Gasteiger partial charge is 0.339 e. The first-order valence-electron chi connectivity index (χ1n) is 7.06. The van der Waals surface area contributed by atoms with Crippen LogP contribution in [0, 0.1) is 5.92 Å². The van der Waals surface area contributed by atoms with Crippen LogP contribution in [-0.2, 0) is 12.8 Å². The summed E-state index contributed by atoms with van der Waals surface area (Å²) < 4.78 is 5.35. The van der Waals surface area contributed by atoms with Crippen molar-refractivity contribution in [2.45, 2.75) is 25.7 Å². The van der Waals surface area contributed by atoms with Gasteiger partial charge in [-0.3, -0.25) is 0 Å². The maximum Gasteiger partial charge on any atom is 0.226 e. The summed E-state index contributed by atoms with van der Waals surface area (Å²) in [6.45, 7) is 2.17. The maximum atomic E-state index is 5.97. The summed E-state index contributed by atoms with van der Waals surface area (Å²) >= 11 is 5.97. The molecule has 2 heterocycles. The van der Waals surface area contributed by atoms with Gasteiger partial charge in [-0.2, -0.15) is 4.98 Å². The number of hydrogen-bond donors (Lipinski definition) is 1. The van der Waals surface area contributed by atoms with Gasteiger partial charge in [-0.25, -0.2) is 0 Å². The minimum atomic E-state index is 0.614. The van der Waals surface area contributed by atoms with Crippen LogP contribution in [0.15, 0.2) is 28.8 Å². The first kappa shape index (κ1) is 13.6. The number of aromatic nitrogens is 2. The third-order valence-corrected chi connectivity index (χ3v) is 3.86. The Morgan fingerprint density at radius 3 is 3.15 bits per heavy atom. The Bertz CT molecular complexity index is 564. The second-order valence-electron chi connectivity index (χ2n) is 5.33. The Kier molecular flexibility index (Phi) is 4.33. The third-order valence-electron chi connectivity index (χ3n) is 3.62. The Balaban J connectivity index is 1.61. The van der Waals surface area contributed by atoms with Crippen LogP contribution in [0.3, 0.4) is 0 Å². The van der Waals surface area contributed by atoms with E-state index in [4.69, 9.17) is 16.1 Å². The molecule has 20 heavy (non-hydrogen) atoms. The van der Waals surface area contributed by atoms with Gasteiger partial charge in [0.25, 0.3) is 0 Å². The van der Waals surface area contributed by atoms with Gasteiger partial charge in [0.2, 0.25) is 5.89 Å². The standard InChI is InChI=1S/C15H18ClN3O/c16-13-5-1-3-11(7-13)8-14-18-15(20-19-14)9-12-4-2-6-17-10-12/h1,3,5,7,12,17H,2,4,6,8-10H2. The lowest BCUT2D eigenvalue weighted by Crippen LogP contribution is -2.30. The van der Waals surface area contributed by atoms with Crippen LogP contribution in [0.1, 0.15) is 30.1 Å². The van der Waals surface area contributed by atoms with Crippen molar-refractivity contribution < 1.29 is 4.52 Å². The first-order chi connectivity index (χ1) is 9.79. The number of piperidine rings is 1. The van der Waals surface area contributed by atoms with Gasteiger partial charge in [0, 0.05) is 17.9 Å². The highest BCUT2D eigenvalue weighted by molar-refractivity contribution is 6.30. The minimum Gasteiger partial charge on any atom is -0.339 e. The van der Waals surface area contributed by atoms with E-state index in [0.29, 0.717) is 12.3 Å². The highest BCUT2D eigenvalue weighted by Gasteiger charge is 2.17. The van der Waals surface area contributed by atoms with Crippen LogP contribution in [0.2, 0.25) is 5.02 Å². The fourth-order valence-electron chi connectivity index (χ4n) is 2.62. The van der Waals surface area contributed by atoms with E-state index in [2.05, 4.69) is 15.5 Å². The molecule has 1 aromatic carbocycles. The molecule has 0 amide bonds. The van der Waals surface area contributed by atoms with Gasteiger partial charge in [0.15, 0.2) is 5.82 Å². The molecule has 106 valence electrons. The van der Waals surface area contributed by atoms with E-state index >= 15 is 0 Å². The van der Waals surface area contributed by atoms with Crippen molar-refractivity contribution in [3.05, 3.63) is 46.6 Å². The first-order valence-corrected chi connectivity index (χ1v) is 7.44. The molecule has 4 nitrogen and oxygen atoms in total. The van der Waals surface area contributed by atoms with E-state index in [1.807, 2.05) is 24.3 Å². The summed E-state index contributed by atoms with van der Waals surface area (Å²) in [6.07, 6.45) is 4.00. The van der Waals surface area contributed by atoms with Gasteiger partial charge < -0.3 is 9.84 Å². The summed E-state index contributed by atoms with van der Waals surface area (Å²) in [6, 6.07) is 7.75. The van der Waals surface area contributed by atoms with Crippen LogP contribution < -0.4 is 5.32 Å².